The Bertz CT molecular complexity index is 618. The number of hydrogen-bond donors (Lipinski definition) is 2. The molecule has 0 amide bonds. The summed E-state index contributed by atoms with van der Waals surface area (Å²) in [6.07, 6.45) is 0. The van der Waals surface area contributed by atoms with Crippen LogP contribution in [0.4, 0.5) is 11.8 Å². The molecule has 0 radical (unpaired) electrons. The number of methoxy groups -OCH3 is 3. The Balaban J connectivity index is 2.22. The van der Waals surface area contributed by atoms with Crippen LogP contribution in [0, 0.1) is 0 Å². The molecule has 22 heavy (non-hydrogen) atoms. The average molecular weight is 306 g/mol. The summed E-state index contributed by atoms with van der Waals surface area (Å²) in [5.41, 5.74) is 11.9. The minimum atomic E-state index is 0.0555. The van der Waals surface area contributed by atoms with Crippen molar-refractivity contribution in [1.29, 1.82) is 0 Å². The normalized spacial score (nSPS) is 10.1. The summed E-state index contributed by atoms with van der Waals surface area (Å²) in [5, 5.41) is 0. The van der Waals surface area contributed by atoms with Crippen molar-refractivity contribution in [3.8, 4) is 23.1 Å². The maximum atomic E-state index is 5.59. The first-order chi connectivity index (χ1) is 10.6. The molecule has 118 valence electrons. The average Bonchev–Trinajstić information content (AvgIpc) is 2.50. The van der Waals surface area contributed by atoms with Crippen LogP contribution < -0.4 is 30.4 Å². The van der Waals surface area contributed by atoms with Gasteiger partial charge < -0.3 is 30.4 Å². The Kier molecular flexibility index (Phi) is 4.72. The zero-order valence-corrected chi connectivity index (χ0v) is 12.6. The van der Waals surface area contributed by atoms with Gasteiger partial charge in [-0.15, -0.1) is 0 Å². The predicted molar refractivity (Wildman–Crippen MR) is 81.3 cm³/mol. The Morgan fingerprint density at radius 1 is 0.909 bits per heavy atom. The van der Waals surface area contributed by atoms with E-state index < -0.39 is 0 Å². The van der Waals surface area contributed by atoms with Gasteiger partial charge in [0, 0.05) is 6.07 Å². The van der Waals surface area contributed by atoms with Crippen LogP contribution >= 0.6 is 0 Å². The van der Waals surface area contributed by atoms with Crippen molar-refractivity contribution in [3.05, 3.63) is 23.8 Å². The quantitative estimate of drug-likeness (QED) is 0.819. The first kappa shape index (κ1) is 15.5. The molecule has 0 aliphatic heterocycles. The van der Waals surface area contributed by atoms with E-state index in [0.717, 1.165) is 5.56 Å². The van der Waals surface area contributed by atoms with E-state index in [0.29, 0.717) is 23.1 Å². The molecule has 4 N–H and O–H groups in total. The minimum Gasteiger partial charge on any atom is -0.493 e. The largest absolute Gasteiger partial charge is 0.493 e. The van der Waals surface area contributed by atoms with Crippen LogP contribution in [0.1, 0.15) is 5.56 Å². The molecule has 8 heteroatoms. The van der Waals surface area contributed by atoms with Gasteiger partial charge in [-0.25, -0.2) is 0 Å². The highest BCUT2D eigenvalue weighted by molar-refractivity contribution is 5.53. The minimum absolute atomic E-state index is 0.0555. The number of rotatable bonds is 6. The highest BCUT2D eigenvalue weighted by Gasteiger charge is 2.13. The monoisotopic (exact) mass is 306 g/mol. The van der Waals surface area contributed by atoms with Gasteiger partial charge in [-0.2, -0.15) is 9.97 Å². The Labute approximate surface area is 128 Å². The zero-order valence-electron chi connectivity index (χ0n) is 12.6. The maximum Gasteiger partial charge on any atom is 0.225 e. The van der Waals surface area contributed by atoms with Gasteiger partial charge in [0.1, 0.15) is 12.4 Å². The molecular formula is C14H18N4O4. The molecule has 8 nitrogen and oxygen atoms in total. The second-order valence-electron chi connectivity index (χ2n) is 4.31. The summed E-state index contributed by atoms with van der Waals surface area (Å²) >= 11 is 0. The lowest BCUT2D eigenvalue weighted by molar-refractivity contribution is 0.289. The van der Waals surface area contributed by atoms with Crippen LogP contribution in [0.2, 0.25) is 0 Å². The molecule has 0 unspecified atom stereocenters. The summed E-state index contributed by atoms with van der Waals surface area (Å²) in [4.78, 5) is 7.72. The number of nitrogens with zero attached hydrogens (tertiary/aromatic N) is 2. The van der Waals surface area contributed by atoms with E-state index >= 15 is 0 Å². The first-order valence-electron chi connectivity index (χ1n) is 6.39. The second kappa shape index (κ2) is 6.70. The van der Waals surface area contributed by atoms with Crippen molar-refractivity contribution in [1.82, 2.24) is 9.97 Å². The Morgan fingerprint density at radius 3 is 2.05 bits per heavy atom. The maximum absolute atomic E-state index is 5.59. The molecular weight excluding hydrogens is 288 g/mol. The third kappa shape index (κ3) is 3.40. The summed E-state index contributed by atoms with van der Waals surface area (Å²) in [6.45, 7) is 0.229. The summed E-state index contributed by atoms with van der Waals surface area (Å²) in [6, 6.07) is 5.07. The molecule has 0 bridgehead atoms. The van der Waals surface area contributed by atoms with Crippen molar-refractivity contribution in [2.75, 3.05) is 32.8 Å². The third-order valence-electron chi connectivity index (χ3n) is 2.85. The number of nitrogens with two attached hydrogens (primary N) is 2. The molecule has 0 atom stereocenters. The van der Waals surface area contributed by atoms with Crippen molar-refractivity contribution >= 4 is 11.8 Å². The van der Waals surface area contributed by atoms with Crippen molar-refractivity contribution in [2.24, 2.45) is 0 Å². The van der Waals surface area contributed by atoms with E-state index in [1.807, 2.05) is 0 Å². The Morgan fingerprint density at radius 2 is 1.55 bits per heavy atom. The van der Waals surface area contributed by atoms with E-state index in [1.165, 1.54) is 6.07 Å². The lowest BCUT2D eigenvalue weighted by Gasteiger charge is -2.14. The van der Waals surface area contributed by atoms with Crippen LogP contribution in [0.5, 0.6) is 23.1 Å². The first-order valence-corrected chi connectivity index (χ1v) is 6.39. The van der Waals surface area contributed by atoms with E-state index in [-0.39, 0.29) is 18.4 Å². The topological polar surface area (TPSA) is 115 Å². The summed E-state index contributed by atoms with van der Waals surface area (Å²) in [5.74, 6) is 2.19. The standard InChI is InChI=1S/C14H18N4O4/c1-19-9-4-8(5-10(20-2)13(9)21-3)7-22-12-6-11(15)17-14(16)18-12/h4-6H,7H2,1-3H3,(H4,15,16,17,18). The summed E-state index contributed by atoms with van der Waals surface area (Å²) in [7, 11) is 4.64. The molecule has 1 heterocycles. The number of benzene rings is 1. The molecule has 0 aliphatic rings. The van der Waals surface area contributed by atoms with E-state index in [1.54, 1.807) is 33.5 Å². The fraction of sp³-hybridized carbons (Fsp3) is 0.286. The lowest BCUT2D eigenvalue weighted by Crippen LogP contribution is -2.04. The third-order valence-corrected chi connectivity index (χ3v) is 2.85. The SMILES string of the molecule is COc1cc(COc2cc(N)nc(N)n2)cc(OC)c1OC. The van der Waals surface area contributed by atoms with Crippen LogP contribution in [0.25, 0.3) is 0 Å². The highest BCUT2D eigenvalue weighted by Crippen LogP contribution is 2.38. The number of hydrogen-bond acceptors (Lipinski definition) is 8. The van der Waals surface area contributed by atoms with Crippen molar-refractivity contribution in [2.45, 2.75) is 6.61 Å². The molecule has 1 aromatic heterocycles. The van der Waals surface area contributed by atoms with Crippen molar-refractivity contribution in [3.63, 3.8) is 0 Å². The lowest BCUT2D eigenvalue weighted by atomic mass is 10.2. The van der Waals surface area contributed by atoms with Crippen LogP contribution in [-0.2, 0) is 6.61 Å². The van der Waals surface area contributed by atoms with Gasteiger partial charge in [-0.05, 0) is 17.7 Å². The molecule has 0 saturated carbocycles. The fourth-order valence-electron chi connectivity index (χ4n) is 1.91. The molecule has 0 aliphatic carbocycles. The second-order valence-corrected chi connectivity index (χ2v) is 4.31. The van der Waals surface area contributed by atoms with Gasteiger partial charge in [0.25, 0.3) is 0 Å². The predicted octanol–water partition coefficient (Wildman–Crippen LogP) is 1.25. The molecule has 0 saturated heterocycles. The van der Waals surface area contributed by atoms with Crippen molar-refractivity contribution < 1.29 is 18.9 Å². The van der Waals surface area contributed by atoms with Crippen LogP contribution in [0.3, 0.4) is 0 Å². The van der Waals surface area contributed by atoms with Gasteiger partial charge in [0.2, 0.25) is 17.6 Å². The van der Waals surface area contributed by atoms with Gasteiger partial charge in [-0.1, -0.05) is 0 Å². The van der Waals surface area contributed by atoms with E-state index in [2.05, 4.69) is 9.97 Å². The molecule has 0 spiro atoms. The molecule has 2 rings (SSSR count). The number of ether oxygens (including phenoxy) is 4. The highest BCUT2D eigenvalue weighted by atomic mass is 16.5. The number of anilines is 2. The molecule has 1 aromatic carbocycles. The zero-order chi connectivity index (χ0) is 16.1. The van der Waals surface area contributed by atoms with Gasteiger partial charge in [0.15, 0.2) is 11.5 Å². The summed E-state index contributed by atoms with van der Waals surface area (Å²) < 4.78 is 21.4. The Hall–Kier alpha value is -2.90. The van der Waals surface area contributed by atoms with Gasteiger partial charge in [-0.3, -0.25) is 0 Å². The number of aromatic nitrogens is 2. The fourth-order valence-corrected chi connectivity index (χ4v) is 1.91. The van der Waals surface area contributed by atoms with Gasteiger partial charge in [0.05, 0.1) is 21.3 Å². The van der Waals surface area contributed by atoms with E-state index in [9.17, 15) is 0 Å². The molecule has 2 aromatic rings. The van der Waals surface area contributed by atoms with Crippen LogP contribution in [-0.4, -0.2) is 31.3 Å². The number of nitrogen functional groups attached to an aromatic ring is 2. The smallest absolute Gasteiger partial charge is 0.225 e. The molecule has 0 fully saturated rings. The van der Waals surface area contributed by atoms with Gasteiger partial charge >= 0.3 is 0 Å². The van der Waals surface area contributed by atoms with E-state index in [4.69, 9.17) is 30.4 Å². The van der Waals surface area contributed by atoms with Crippen LogP contribution in [0.15, 0.2) is 18.2 Å².